The molecule has 3 amide bonds. The first-order valence-electron chi connectivity index (χ1n) is 7.41. The van der Waals surface area contributed by atoms with Gasteiger partial charge in [0, 0.05) is 18.3 Å². The Kier molecular flexibility index (Phi) is 5.32. The summed E-state index contributed by atoms with van der Waals surface area (Å²) in [4.78, 5) is 43.6. The molecule has 3 atom stereocenters. The summed E-state index contributed by atoms with van der Waals surface area (Å²) in [6, 6.07) is -2.75. The van der Waals surface area contributed by atoms with Crippen molar-refractivity contribution >= 4 is 17.7 Å². The van der Waals surface area contributed by atoms with Gasteiger partial charge < -0.3 is 26.0 Å². The summed E-state index contributed by atoms with van der Waals surface area (Å²) in [5, 5.41) is 17.0. The van der Waals surface area contributed by atoms with Crippen molar-refractivity contribution in [3.63, 3.8) is 0 Å². The molecule has 0 radical (unpaired) electrons. The molecule has 9 heteroatoms. The Morgan fingerprint density at radius 1 is 1.09 bits per heavy atom. The highest BCUT2D eigenvalue weighted by Crippen LogP contribution is 2.07. The SMILES string of the molecule is CC(C)[C@@H]1NC(=O)[C@H](Cc2cnc[nH]2)NC(=O)[C@H](CO)NC1=O. The number of aromatic amines is 1. The lowest BCUT2D eigenvalue weighted by Crippen LogP contribution is -2.53. The van der Waals surface area contributed by atoms with Gasteiger partial charge >= 0.3 is 0 Å². The number of rotatable bonds is 4. The van der Waals surface area contributed by atoms with Crippen LogP contribution in [0, 0.1) is 5.92 Å². The second kappa shape index (κ2) is 7.23. The fraction of sp³-hybridized carbons (Fsp3) is 0.571. The molecule has 0 bridgehead atoms. The van der Waals surface area contributed by atoms with Crippen LogP contribution in [0.3, 0.4) is 0 Å². The van der Waals surface area contributed by atoms with Gasteiger partial charge in [-0.2, -0.15) is 0 Å². The van der Waals surface area contributed by atoms with Gasteiger partial charge in [0.25, 0.3) is 0 Å². The predicted octanol–water partition coefficient (Wildman–Crippen LogP) is -1.93. The van der Waals surface area contributed by atoms with Crippen LogP contribution in [0.1, 0.15) is 19.5 Å². The van der Waals surface area contributed by atoms with Crippen LogP contribution in [0.5, 0.6) is 0 Å². The van der Waals surface area contributed by atoms with Crippen LogP contribution in [0.4, 0.5) is 0 Å². The first kappa shape index (κ1) is 16.9. The first-order valence-corrected chi connectivity index (χ1v) is 7.41. The maximum absolute atomic E-state index is 12.4. The van der Waals surface area contributed by atoms with E-state index in [0.717, 1.165) is 0 Å². The van der Waals surface area contributed by atoms with E-state index in [4.69, 9.17) is 0 Å². The number of H-pyrrole nitrogens is 1. The van der Waals surface area contributed by atoms with E-state index in [0.29, 0.717) is 5.69 Å². The molecule has 126 valence electrons. The summed E-state index contributed by atoms with van der Waals surface area (Å²) in [6.45, 7) is 3.03. The summed E-state index contributed by atoms with van der Waals surface area (Å²) in [7, 11) is 0. The van der Waals surface area contributed by atoms with Crippen LogP contribution in [-0.2, 0) is 20.8 Å². The molecule has 9 nitrogen and oxygen atoms in total. The number of amides is 3. The topological polar surface area (TPSA) is 136 Å². The molecule has 1 aliphatic rings. The monoisotopic (exact) mass is 323 g/mol. The molecule has 1 fully saturated rings. The summed E-state index contributed by atoms with van der Waals surface area (Å²) in [6.07, 6.45) is 3.23. The Balaban J connectivity index is 2.26. The van der Waals surface area contributed by atoms with Crippen molar-refractivity contribution in [1.29, 1.82) is 0 Å². The number of nitrogens with one attached hydrogen (secondary N) is 4. The maximum Gasteiger partial charge on any atom is 0.245 e. The molecule has 5 N–H and O–H groups in total. The molecule has 0 aliphatic carbocycles. The number of carbonyl (C=O) groups excluding carboxylic acids is 3. The highest BCUT2D eigenvalue weighted by atomic mass is 16.3. The number of hydrogen-bond acceptors (Lipinski definition) is 5. The Bertz CT molecular complexity index is 572. The lowest BCUT2D eigenvalue weighted by atomic mass is 10.0. The Labute approximate surface area is 133 Å². The van der Waals surface area contributed by atoms with Gasteiger partial charge in [-0.25, -0.2) is 4.98 Å². The zero-order chi connectivity index (χ0) is 17.0. The quantitative estimate of drug-likeness (QED) is 0.439. The summed E-state index contributed by atoms with van der Waals surface area (Å²) < 4.78 is 0. The highest BCUT2D eigenvalue weighted by Gasteiger charge is 2.34. The molecule has 1 saturated heterocycles. The second-order valence-corrected chi connectivity index (χ2v) is 5.82. The summed E-state index contributed by atoms with van der Waals surface area (Å²) in [5.41, 5.74) is 0.672. The standard InChI is InChI=1S/C14H21N5O4/c1-7(2)11-14(23)18-10(5-20)13(22)17-9(12(21)19-11)3-8-4-15-6-16-8/h4,6-7,9-11,20H,3,5H2,1-2H3,(H,15,16)(H,17,22)(H,18,23)(H,19,21)/t9-,10-,11-/m0/s1. The van der Waals surface area contributed by atoms with Crippen LogP contribution < -0.4 is 16.0 Å². The molecule has 0 unspecified atom stereocenters. The van der Waals surface area contributed by atoms with E-state index >= 15 is 0 Å². The van der Waals surface area contributed by atoms with Gasteiger partial charge in [-0.05, 0) is 5.92 Å². The number of imidazole rings is 1. The van der Waals surface area contributed by atoms with Crippen LogP contribution >= 0.6 is 0 Å². The van der Waals surface area contributed by atoms with Crippen molar-refractivity contribution in [3.8, 4) is 0 Å². The highest BCUT2D eigenvalue weighted by molar-refractivity contribution is 5.97. The molecule has 2 rings (SSSR count). The molecule has 1 aliphatic heterocycles. The second-order valence-electron chi connectivity index (χ2n) is 5.82. The van der Waals surface area contributed by atoms with Gasteiger partial charge in [0.05, 0.1) is 12.9 Å². The number of aliphatic hydroxyl groups excluding tert-OH is 1. The number of aliphatic hydroxyl groups is 1. The Morgan fingerprint density at radius 2 is 1.74 bits per heavy atom. The molecular weight excluding hydrogens is 302 g/mol. The fourth-order valence-corrected chi connectivity index (χ4v) is 2.34. The van der Waals surface area contributed by atoms with Crippen molar-refractivity contribution in [2.24, 2.45) is 5.92 Å². The summed E-state index contributed by atoms with van der Waals surface area (Å²) in [5.74, 6) is -1.73. The van der Waals surface area contributed by atoms with Gasteiger partial charge in [-0.1, -0.05) is 13.8 Å². The van der Waals surface area contributed by atoms with Crippen molar-refractivity contribution in [2.75, 3.05) is 6.61 Å². The summed E-state index contributed by atoms with van der Waals surface area (Å²) >= 11 is 0. The minimum atomic E-state index is -1.10. The number of hydrogen-bond donors (Lipinski definition) is 5. The number of nitrogens with zero attached hydrogens (tertiary/aromatic N) is 1. The molecule has 0 saturated carbocycles. The van der Waals surface area contributed by atoms with Crippen molar-refractivity contribution in [2.45, 2.75) is 38.4 Å². The lowest BCUT2D eigenvalue weighted by Gasteiger charge is -2.22. The molecule has 1 aromatic rings. The normalized spacial score (nSPS) is 25.9. The van der Waals surface area contributed by atoms with E-state index in [9.17, 15) is 19.5 Å². The lowest BCUT2D eigenvalue weighted by molar-refractivity contribution is -0.131. The van der Waals surface area contributed by atoms with Gasteiger partial charge in [-0.3, -0.25) is 14.4 Å². The number of carbonyl (C=O) groups is 3. The minimum absolute atomic E-state index is 0.167. The average molecular weight is 323 g/mol. The first-order chi connectivity index (χ1) is 10.9. The van der Waals surface area contributed by atoms with Crippen molar-refractivity contribution in [3.05, 3.63) is 18.2 Å². The zero-order valence-corrected chi connectivity index (χ0v) is 13.0. The van der Waals surface area contributed by atoms with E-state index in [2.05, 4.69) is 25.9 Å². The van der Waals surface area contributed by atoms with E-state index in [-0.39, 0.29) is 12.3 Å². The third kappa shape index (κ3) is 4.07. The molecule has 1 aromatic heterocycles. The third-order valence-corrected chi connectivity index (χ3v) is 3.67. The largest absolute Gasteiger partial charge is 0.394 e. The van der Waals surface area contributed by atoms with Crippen LogP contribution in [-0.4, -0.2) is 57.5 Å². The van der Waals surface area contributed by atoms with Gasteiger partial charge in [0.2, 0.25) is 17.7 Å². The molecule has 2 heterocycles. The van der Waals surface area contributed by atoms with Gasteiger partial charge in [0.1, 0.15) is 18.1 Å². The number of aromatic nitrogens is 2. The van der Waals surface area contributed by atoms with Gasteiger partial charge in [0.15, 0.2) is 0 Å². The molecule has 0 spiro atoms. The van der Waals surface area contributed by atoms with E-state index in [1.54, 1.807) is 20.0 Å². The van der Waals surface area contributed by atoms with Crippen LogP contribution in [0.25, 0.3) is 0 Å². The van der Waals surface area contributed by atoms with Gasteiger partial charge in [-0.15, -0.1) is 0 Å². The fourth-order valence-electron chi connectivity index (χ4n) is 2.34. The van der Waals surface area contributed by atoms with Crippen molar-refractivity contribution < 1.29 is 19.5 Å². The zero-order valence-electron chi connectivity index (χ0n) is 13.0. The van der Waals surface area contributed by atoms with E-state index < -0.39 is 42.5 Å². The van der Waals surface area contributed by atoms with Crippen LogP contribution in [0.2, 0.25) is 0 Å². The van der Waals surface area contributed by atoms with Crippen LogP contribution in [0.15, 0.2) is 12.5 Å². The molecule has 0 aromatic carbocycles. The Hall–Kier alpha value is -2.42. The Morgan fingerprint density at radius 3 is 2.30 bits per heavy atom. The van der Waals surface area contributed by atoms with E-state index in [1.807, 2.05) is 0 Å². The average Bonchev–Trinajstić information content (AvgIpc) is 3.01. The smallest absolute Gasteiger partial charge is 0.245 e. The molecular formula is C14H21N5O4. The minimum Gasteiger partial charge on any atom is -0.394 e. The molecule has 23 heavy (non-hydrogen) atoms. The third-order valence-electron chi connectivity index (χ3n) is 3.67. The maximum atomic E-state index is 12.4. The van der Waals surface area contributed by atoms with E-state index in [1.165, 1.54) is 6.33 Å². The van der Waals surface area contributed by atoms with Crippen molar-refractivity contribution in [1.82, 2.24) is 25.9 Å². The predicted molar refractivity (Wildman–Crippen MR) is 80.0 cm³/mol.